The number of hydrogen-bond acceptors (Lipinski definition) is 1. The maximum atomic E-state index is 12.9. The fourth-order valence-electron chi connectivity index (χ4n) is 0.785. The molecule has 0 aliphatic carbocycles. The van der Waals surface area contributed by atoms with Crippen molar-refractivity contribution in [3.8, 4) is 0 Å². The molecule has 0 aliphatic rings. The van der Waals surface area contributed by atoms with E-state index in [1.54, 1.807) is 30.3 Å². The highest BCUT2D eigenvalue weighted by molar-refractivity contribution is 8.00. The van der Waals surface area contributed by atoms with E-state index >= 15 is 0 Å². The highest BCUT2D eigenvalue weighted by Gasteiger charge is 2.34. The Labute approximate surface area is 79.6 Å². The highest BCUT2D eigenvalue weighted by Crippen LogP contribution is 2.35. The summed E-state index contributed by atoms with van der Waals surface area (Å²) in [7, 11) is 0. The first-order valence-corrected chi connectivity index (χ1v) is 4.41. The molecule has 4 heteroatoms. The molecule has 1 rings (SSSR count). The quantitative estimate of drug-likeness (QED) is 0.534. The molecule has 1 nitrogen and oxygen atoms in total. The first kappa shape index (κ1) is 10.0. The summed E-state index contributed by atoms with van der Waals surface area (Å²) in [6.07, 6.45) is 0. The van der Waals surface area contributed by atoms with Gasteiger partial charge in [0.1, 0.15) is 0 Å². The molecule has 0 heterocycles. The number of nitrogens with zero attached hydrogens (tertiary/aromatic N) is 1. The van der Waals surface area contributed by atoms with Crippen molar-refractivity contribution in [3.05, 3.63) is 41.7 Å². The summed E-state index contributed by atoms with van der Waals surface area (Å²) in [5.74, 6) is 0. The van der Waals surface area contributed by atoms with Crippen molar-refractivity contribution in [2.75, 3.05) is 6.54 Å². The summed E-state index contributed by atoms with van der Waals surface area (Å²) in [4.78, 5) is 3.17. The van der Waals surface area contributed by atoms with Crippen molar-refractivity contribution < 1.29 is 8.78 Å². The second-order valence-corrected chi connectivity index (χ2v) is 3.64. The largest absolute Gasteiger partial charge is 0.368 e. The van der Waals surface area contributed by atoms with Crippen LogP contribution in [0.1, 0.15) is 0 Å². The van der Waals surface area contributed by atoms with Crippen LogP contribution in [-0.4, -0.2) is 11.8 Å². The van der Waals surface area contributed by atoms with Crippen LogP contribution < -0.4 is 0 Å². The zero-order valence-corrected chi connectivity index (χ0v) is 7.52. The first-order chi connectivity index (χ1) is 6.14. The maximum Gasteiger partial charge on any atom is 0.368 e. The van der Waals surface area contributed by atoms with E-state index in [2.05, 4.69) is 4.85 Å². The Morgan fingerprint density at radius 1 is 1.31 bits per heavy atom. The molecule has 0 saturated heterocycles. The fraction of sp³-hybridized carbons (Fsp3) is 0.222. The van der Waals surface area contributed by atoms with Gasteiger partial charge >= 0.3 is 5.25 Å². The minimum atomic E-state index is -2.98. The molecule has 0 unspecified atom stereocenters. The minimum Gasteiger partial charge on any atom is -0.309 e. The van der Waals surface area contributed by atoms with Gasteiger partial charge in [-0.1, -0.05) is 18.2 Å². The summed E-state index contributed by atoms with van der Waals surface area (Å²) in [6.45, 7) is 5.58. The Morgan fingerprint density at radius 3 is 2.46 bits per heavy atom. The molecular weight excluding hydrogens is 192 g/mol. The highest BCUT2D eigenvalue weighted by atomic mass is 32.2. The predicted octanol–water partition coefficient (Wildman–Crippen LogP) is 3.29. The average molecular weight is 199 g/mol. The molecule has 0 N–H and O–H groups in total. The number of hydrogen-bond donors (Lipinski definition) is 0. The molecular formula is C9H7F2NS. The Morgan fingerprint density at radius 2 is 1.92 bits per heavy atom. The van der Waals surface area contributed by atoms with E-state index in [4.69, 9.17) is 6.57 Å². The summed E-state index contributed by atoms with van der Waals surface area (Å²) in [6, 6.07) is 8.34. The number of halogens is 2. The van der Waals surface area contributed by atoms with E-state index in [1.807, 2.05) is 0 Å². The van der Waals surface area contributed by atoms with E-state index in [0.29, 0.717) is 16.7 Å². The van der Waals surface area contributed by atoms with E-state index in [1.165, 1.54) is 0 Å². The van der Waals surface area contributed by atoms with Crippen LogP contribution in [0, 0.1) is 6.57 Å². The van der Waals surface area contributed by atoms with Crippen molar-refractivity contribution in [2.24, 2.45) is 0 Å². The van der Waals surface area contributed by atoms with Gasteiger partial charge in [0.25, 0.3) is 6.54 Å². The smallest absolute Gasteiger partial charge is 0.309 e. The van der Waals surface area contributed by atoms with Crippen LogP contribution in [0.2, 0.25) is 0 Å². The number of benzene rings is 1. The van der Waals surface area contributed by atoms with E-state index in [0.717, 1.165) is 0 Å². The van der Waals surface area contributed by atoms with Gasteiger partial charge in [-0.15, -0.1) is 0 Å². The summed E-state index contributed by atoms with van der Waals surface area (Å²) >= 11 is 0.423. The third-order valence-electron chi connectivity index (χ3n) is 1.27. The van der Waals surface area contributed by atoms with Crippen LogP contribution >= 0.6 is 11.8 Å². The topological polar surface area (TPSA) is 4.36 Å². The lowest BCUT2D eigenvalue weighted by atomic mass is 10.4. The number of rotatable bonds is 3. The van der Waals surface area contributed by atoms with Crippen LogP contribution in [0.4, 0.5) is 8.78 Å². The molecule has 1 aromatic rings. The molecule has 13 heavy (non-hydrogen) atoms. The van der Waals surface area contributed by atoms with E-state index in [-0.39, 0.29) is 0 Å². The summed E-state index contributed by atoms with van der Waals surface area (Å²) in [5, 5.41) is -2.98. The summed E-state index contributed by atoms with van der Waals surface area (Å²) < 4.78 is 25.7. The van der Waals surface area contributed by atoms with Gasteiger partial charge in [-0.05, 0) is 23.9 Å². The lowest BCUT2D eigenvalue weighted by molar-refractivity contribution is 0.125. The second-order valence-electron chi connectivity index (χ2n) is 2.37. The van der Waals surface area contributed by atoms with Gasteiger partial charge in [0.2, 0.25) is 0 Å². The average Bonchev–Trinajstić information content (AvgIpc) is 2.04. The maximum absolute atomic E-state index is 12.9. The zero-order valence-electron chi connectivity index (χ0n) is 6.71. The molecule has 68 valence electrons. The van der Waals surface area contributed by atoms with Gasteiger partial charge in [0, 0.05) is 4.90 Å². The Balaban J connectivity index is 2.65. The standard InChI is InChI=1S/C9H7F2NS/c1-12-7-9(10,11)13-8-5-3-2-4-6-8/h2-6H,7H2. The molecule has 0 saturated carbocycles. The van der Waals surface area contributed by atoms with Gasteiger partial charge in [-0.2, -0.15) is 8.78 Å². The SMILES string of the molecule is [C-]#[N+]CC(F)(F)Sc1ccccc1. The molecule has 0 aromatic heterocycles. The van der Waals surface area contributed by atoms with Gasteiger partial charge < -0.3 is 4.85 Å². The van der Waals surface area contributed by atoms with Crippen LogP contribution in [0.15, 0.2) is 35.2 Å². The molecule has 0 radical (unpaired) electrons. The van der Waals surface area contributed by atoms with E-state index < -0.39 is 11.8 Å². The molecule has 0 bridgehead atoms. The molecule has 1 aromatic carbocycles. The van der Waals surface area contributed by atoms with Crippen molar-refractivity contribution in [2.45, 2.75) is 10.2 Å². The van der Waals surface area contributed by atoms with Gasteiger partial charge in [-0.25, -0.2) is 6.57 Å². The van der Waals surface area contributed by atoms with Crippen molar-refractivity contribution in [1.82, 2.24) is 0 Å². The molecule has 0 aliphatic heterocycles. The molecule has 0 spiro atoms. The lowest BCUT2D eigenvalue weighted by Crippen LogP contribution is -2.13. The van der Waals surface area contributed by atoms with E-state index in [9.17, 15) is 8.78 Å². The van der Waals surface area contributed by atoms with Crippen LogP contribution in [0.5, 0.6) is 0 Å². The zero-order chi connectivity index (χ0) is 9.73. The molecule has 0 fully saturated rings. The Hall–Kier alpha value is -1.08. The lowest BCUT2D eigenvalue weighted by Gasteiger charge is -2.08. The van der Waals surface area contributed by atoms with Gasteiger partial charge in [0.05, 0.1) is 0 Å². The number of alkyl halides is 2. The van der Waals surface area contributed by atoms with Crippen LogP contribution in [-0.2, 0) is 0 Å². The minimum absolute atomic E-state index is 0.423. The molecule has 0 atom stereocenters. The Bertz CT molecular complexity index is 305. The third kappa shape index (κ3) is 3.43. The molecule has 0 amide bonds. The normalized spacial score (nSPS) is 10.8. The van der Waals surface area contributed by atoms with Gasteiger partial charge in [-0.3, -0.25) is 0 Å². The first-order valence-electron chi connectivity index (χ1n) is 3.59. The Kier molecular flexibility index (Phi) is 3.26. The van der Waals surface area contributed by atoms with Gasteiger partial charge in [0.15, 0.2) is 0 Å². The monoisotopic (exact) mass is 199 g/mol. The number of thioether (sulfide) groups is 1. The van der Waals surface area contributed by atoms with Crippen LogP contribution in [0.25, 0.3) is 4.85 Å². The second kappa shape index (κ2) is 4.24. The van der Waals surface area contributed by atoms with Crippen molar-refractivity contribution in [3.63, 3.8) is 0 Å². The van der Waals surface area contributed by atoms with Crippen molar-refractivity contribution >= 4 is 11.8 Å². The summed E-state index contributed by atoms with van der Waals surface area (Å²) in [5.41, 5.74) is 0. The van der Waals surface area contributed by atoms with Crippen LogP contribution in [0.3, 0.4) is 0 Å². The third-order valence-corrected chi connectivity index (χ3v) is 2.21. The van der Waals surface area contributed by atoms with Crippen molar-refractivity contribution in [1.29, 1.82) is 0 Å². The predicted molar refractivity (Wildman–Crippen MR) is 48.7 cm³/mol. The fourth-order valence-corrected chi connectivity index (χ4v) is 1.55.